The van der Waals surface area contributed by atoms with Crippen LogP contribution in [0.4, 0.5) is 17.1 Å². The molecular formula is C37H31N3. The van der Waals surface area contributed by atoms with Gasteiger partial charge in [-0.25, -0.2) is 0 Å². The van der Waals surface area contributed by atoms with Crippen LogP contribution in [0.25, 0.3) is 32.9 Å². The van der Waals surface area contributed by atoms with Gasteiger partial charge in [0.05, 0.1) is 11.9 Å². The van der Waals surface area contributed by atoms with Gasteiger partial charge in [-0.05, 0) is 60.5 Å². The zero-order valence-electron chi connectivity index (χ0n) is 22.4. The molecule has 0 unspecified atom stereocenters. The van der Waals surface area contributed by atoms with Crippen molar-refractivity contribution >= 4 is 38.9 Å². The molecule has 0 radical (unpaired) electrons. The molecular weight excluding hydrogens is 486 g/mol. The lowest BCUT2D eigenvalue weighted by atomic mass is 10.0. The fraction of sp³-hybridized carbons (Fsp3) is 0.0541. The Balaban J connectivity index is 1.40. The SMILES string of the molecule is C=C/C=C\C/C=C\Cn1c2ccccc2c2cc(-c3cncc(N(c4ccccc4)c4ccccc4)c3)ccc21. The topological polar surface area (TPSA) is 21.1 Å². The number of nitrogens with zero attached hydrogens (tertiary/aromatic N) is 3. The lowest BCUT2D eigenvalue weighted by molar-refractivity contribution is 0.895. The van der Waals surface area contributed by atoms with Crippen molar-refractivity contribution in [2.24, 2.45) is 0 Å². The van der Waals surface area contributed by atoms with Gasteiger partial charge in [0.25, 0.3) is 0 Å². The van der Waals surface area contributed by atoms with Gasteiger partial charge in [0.15, 0.2) is 0 Å². The Kier molecular flexibility index (Phi) is 7.36. The molecule has 0 aliphatic carbocycles. The molecule has 0 spiro atoms. The van der Waals surface area contributed by atoms with Gasteiger partial charge in [0, 0.05) is 51.5 Å². The normalized spacial score (nSPS) is 11.6. The zero-order chi connectivity index (χ0) is 27.1. The van der Waals surface area contributed by atoms with Gasteiger partial charge in [-0.15, -0.1) is 0 Å². The van der Waals surface area contributed by atoms with Crippen LogP contribution in [0.15, 0.2) is 159 Å². The zero-order valence-corrected chi connectivity index (χ0v) is 22.4. The van der Waals surface area contributed by atoms with Gasteiger partial charge >= 0.3 is 0 Å². The molecule has 4 aromatic carbocycles. The summed E-state index contributed by atoms with van der Waals surface area (Å²) in [6.07, 6.45) is 15.1. The highest BCUT2D eigenvalue weighted by Crippen LogP contribution is 2.37. The third-order valence-corrected chi connectivity index (χ3v) is 7.12. The predicted octanol–water partition coefficient (Wildman–Crippen LogP) is 10.0. The van der Waals surface area contributed by atoms with Crippen molar-refractivity contribution < 1.29 is 0 Å². The highest BCUT2D eigenvalue weighted by molar-refractivity contribution is 6.09. The second kappa shape index (κ2) is 11.7. The number of rotatable bonds is 9. The molecule has 0 saturated heterocycles. The predicted molar refractivity (Wildman–Crippen MR) is 170 cm³/mol. The Bertz CT molecular complexity index is 1770. The molecule has 0 fully saturated rings. The Hall–Kier alpha value is -5.15. The summed E-state index contributed by atoms with van der Waals surface area (Å²) in [5, 5.41) is 2.51. The first-order valence-corrected chi connectivity index (χ1v) is 13.6. The first kappa shape index (κ1) is 25.1. The smallest absolute Gasteiger partial charge is 0.0651 e. The van der Waals surface area contributed by atoms with Crippen molar-refractivity contribution in [2.75, 3.05) is 4.90 Å². The van der Waals surface area contributed by atoms with Crippen molar-refractivity contribution in [1.29, 1.82) is 0 Å². The minimum atomic E-state index is 0.825. The van der Waals surface area contributed by atoms with E-state index < -0.39 is 0 Å². The van der Waals surface area contributed by atoms with E-state index in [1.807, 2.05) is 36.7 Å². The molecule has 3 nitrogen and oxygen atoms in total. The number of hydrogen-bond donors (Lipinski definition) is 0. The van der Waals surface area contributed by atoms with E-state index in [0.717, 1.165) is 41.2 Å². The molecule has 0 atom stereocenters. The lowest BCUT2D eigenvalue weighted by Crippen LogP contribution is -2.10. The van der Waals surface area contributed by atoms with Crippen LogP contribution >= 0.6 is 0 Å². The Morgan fingerprint density at radius 3 is 2.08 bits per heavy atom. The minimum Gasteiger partial charge on any atom is -0.337 e. The van der Waals surface area contributed by atoms with Crippen molar-refractivity contribution in [3.63, 3.8) is 0 Å². The summed E-state index contributed by atoms with van der Waals surface area (Å²) in [5.74, 6) is 0. The fourth-order valence-corrected chi connectivity index (χ4v) is 5.27. The van der Waals surface area contributed by atoms with Gasteiger partial charge in [0.2, 0.25) is 0 Å². The summed E-state index contributed by atoms with van der Waals surface area (Å²) < 4.78 is 2.39. The summed E-state index contributed by atoms with van der Waals surface area (Å²) in [6, 6.07) is 38.5. The van der Waals surface area contributed by atoms with Crippen LogP contribution in [-0.4, -0.2) is 9.55 Å². The largest absolute Gasteiger partial charge is 0.337 e. The number of hydrogen-bond acceptors (Lipinski definition) is 2. The molecule has 0 aliphatic rings. The second-order valence-electron chi connectivity index (χ2n) is 9.67. The first-order chi connectivity index (χ1) is 19.8. The van der Waals surface area contributed by atoms with Gasteiger partial charge in [0.1, 0.15) is 0 Å². The van der Waals surface area contributed by atoms with Crippen LogP contribution in [0, 0.1) is 0 Å². The van der Waals surface area contributed by atoms with Crippen LogP contribution in [-0.2, 0) is 6.54 Å². The number of aromatic nitrogens is 2. The van der Waals surface area contributed by atoms with Crippen molar-refractivity contribution in [1.82, 2.24) is 9.55 Å². The summed E-state index contributed by atoms with van der Waals surface area (Å²) in [4.78, 5) is 6.93. The van der Waals surface area contributed by atoms with E-state index in [1.165, 1.54) is 21.8 Å². The highest BCUT2D eigenvalue weighted by Gasteiger charge is 2.15. The van der Waals surface area contributed by atoms with E-state index >= 15 is 0 Å². The summed E-state index contributed by atoms with van der Waals surface area (Å²) in [7, 11) is 0. The van der Waals surface area contributed by atoms with Crippen LogP contribution in [0.2, 0.25) is 0 Å². The minimum absolute atomic E-state index is 0.825. The van der Waals surface area contributed by atoms with Gasteiger partial charge in [-0.3, -0.25) is 4.98 Å². The van der Waals surface area contributed by atoms with Gasteiger partial charge in [-0.1, -0.05) is 97.6 Å². The molecule has 2 aromatic heterocycles. The maximum Gasteiger partial charge on any atom is 0.0651 e. The molecule has 3 heteroatoms. The average molecular weight is 518 g/mol. The Morgan fingerprint density at radius 2 is 1.32 bits per heavy atom. The summed E-state index contributed by atoms with van der Waals surface area (Å²) in [5.41, 5.74) is 7.92. The van der Waals surface area contributed by atoms with Gasteiger partial charge < -0.3 is 9.47 Å². The average Bonchev–Trinajstić information content (AvgIpc) is 3.33. The second-order valence-corrected chi connectivity index (χ2v) is 9.67. The van der Waals surface area contributed by atoms with E-state index in [9.17, 15) is 0 Å². The number of fused-ring (bicyclic) bond motifs is 3. The van der Waals surface area contributed by atoms with Crippen LogP contribution in [0.5, 0.6) is 0 Å². The molecule has 0 aliphatic heterocycles. The third kappa shape index (κ3) is 5.10. The van der Waals surface area contributed by atoms with E-state index in [0.29, 0.717) is 0 Å². The van der Waals surface area contributed by atoms with Crippen LogP contribution in [0.1, 0.15) is 6.42 Å². The van der Waals surface area contributed by atoms with E-state index in [-0.39, 0.29) is 0 Å². The molecule has 0 N–H and O–H groups in total. The molecule has 2 heterocycles. The highest BCUT2D eigenvalue weighted by atomic mass is 15.1. The van der Waals surface area contributed by atoms with Crippen molar-refractivity contribution in [2.45, 2.75) is 13.0 Å². The number of allylic oxidation sites excluding steroid dienone is 5. The number of para-hydroxylation sites is 3. The standard InChI is InChI=1S/C37H31N3/c1-2-3-4-5-6-15-24-39-36-21-14-13-20-34(36)35-26-29(22-23-37(35)39)30-25-33(28-38-27-30)40(31-16-9-7-10-17-31)32-18-11-8-12-19-32/h2-4,6-23,25-28H,1,5,24H2/b4-3-,15-6-. The quantitative estimate of drug-likeness (QED) is 0.140. The van der Waals surface area contributed by atoms with Crippen molar-refractivity contribution in [3.05, 3.63) is 159 Å². The van der Waals surface area contributed by atoms with Gasteiger partial charge in [-0.2, -0.15) is 0 Å². The summed E-state index contributed by atoms with van der Waals surface area (Å²) >= 11 is 0. The molecule has 0 amide bonds. The maximum absolute atomic E-state index is 4.68. The molecule has 0 saturated carbocycles. The molecule has 6 aromatic rings. The number of pyridine rings is 1. The molecule has 40 heavy (non-hydrogen) atoms. The molecule has 0 bridgehead atoms. The Labute approximate surface area is 235 Å². The Morgan fingerprint density at radius 1 is 0.625 bits per heavy atom. The fourth-order valence-electron chi connectivity index (χ4n) is 5.27. The summed E-state index contributed by atoms with van der Waals surface area (Å²) in [6.45, 7) is 4.56. The number of anilines is 3. The van der Waals surface area contributed by atoms with Crippen LogP contribution < -0.4 is 4.90 Å². The monoisotopic (exact) mass is 517 g/mol. The van der Waals surface area contributed by atoms with E-state index in [4.69, 9.17) is 0 Å². The lowest BCUT2D eigenvalue weighted by Gasteiger charge is -2.25. The molecule has 194 valence electrons. The van der Waals surface area contributed by atoms with Crippen LogP contribution in [0.3, 0.4) is 0 Å². The third-order valence-electron chi connectivity index (χ3n) is 7.12. The first-order valence-electron chi connectivity index (χ1n) is 13.6. The van der Waals surface area contributed by atoms with E-state index in [2.05, 4.69) is 136 Å². The number of benzene rings is 4. The van der Waals surface area contributed by atoms with E-state index in [1.54, 1.807) is 0 Å². The maximum atomic E-state index is 4.68. The van der Waals surface area contributed by atoms with Crippen molar-refractivity contribution in [3.8, 4) is 11.1 Å². The molecule has 6 rings (SSSR count).